The van der Waals surface area contributed by atoms with Crippen molar-refractivity contribution in [2.24, 2.45) is 0 Å². The van der Waals surface area contributed by atoms with Gasteiger partial charge in [-0.25, -0.2) is 0 Å². The highest BCUT2D eigenvalue weighted by Gasteiger charge is 2.09. The highest BCUT2D eigenvalue weighted by atomic mass is 16.2. The highest BCUT2D eigenvalue weighted by molar-refractivity contribution is 5.99. The first kappa shape index (κ1) is 17.7. The van der Waals surface area contributed by atoms with Gasteiger partial charge in [0.2, 0.25) is 0 Å². The summed E-state index contributed by atoms with van der Waals surface area (Å²) in [6.07, 6.45) is 2.69. The first-order chi connectivity index (χ1) is 11.7. The van der Waals surface area contributed by atoms with Gasteiger partial charge in [0.25, 0.3) is 11.8 Å². The van der Waals surface area contributed by atoms with Crippen LogP contribution in [-0.4, -0.2) is 24.9 Å². The van der Waals surface area contributed by atoms with E-state index in [0.717, 1.165) is 19.3 Å². The Hall–Kier alpha value is -2.62. The topological polar surface area (TPSA) is 58.2 Å². The third-order valence-corrected chi connectivity index (χ3v) is 3.69. The van der Waals surface area contributed by atoms with Crippen LogP contribution < -0.4 is 10.6 Å². The molecule has 4 heteroatoms. The van der Waals surface area contributed by atoms with Crippen LogP contribution in [0.25, 0.3) is 0 Å². The Kier molecular flexibility index (Phi) is 7.02. The quantitative estimate of drug-likeness (QED) is 0.733. The Balaban J connectivity index is 1.82. The number of hydrogen-bond donors (Lipinski definition) is 2. The van der Waals surface area contributed by atoms with Crippen LogP contribution >= 0.6 is 0 Å². The molecule has 0 atom stereocenters. The number of carbonyl (C=O) groups is 2. The van der Waals surface area contributed by atoms with Crippen molar-refractivity contribution in [1.82, 2.24) is 10.6 Å². The zero-order chi connectivity index (χ0) is 17.2. The second-order valence-electron chi connectivity index (χ2n) is 5.68. The van der Waals surface area contributed by atoms with E-state index in [2.05, 4.69) is 22.8 Å². The SMILES string of the molecule is CCCNC(=O)c1cccc(C(=O)NCCCc2ccccc2)c1. The van der Waals surface area contributed by atoms with E-state index in [1.807, 2.05) is 25.1 Å². The predicted octanol–water partition coefficient (Wildman–Crippen LogP) is 3.19. The summed E-state index contributed by atoms with van der Waals surface area (Å²) in [7, 11) is 0. The molecule has 2 aromatic carbocycles. The van der Waals surface area contributed by atoms with Gasteiger partial charge in [0.15, 0.2) is 0 Å². The van der Waals surface area contributed by atoms with Crippen molar-refractivity contribution in [3.63, 3.8) is 0 Å². The molecule has 0 aliphatic rings. The van der Waals surface area contributed by atoms with Gasteiger partial charge in [-0.2, -0.15) is 0 Å². The minimum absolute atomic E-state index is 0.143. The smallest absolute Gasteiger partial charge is 0.251 e. The van der Waals surface area contributed by atoms with E-state index in [0.29, 0.717) is 24.2 Å². The average Bonchev–Trinajstić information content (AvgIpc) is 2.64. The Bertz CT molecular complexity index is 668. The zero-order valence-electron chi connectivity index (χ0n) is 14.0. The number of benzene rings is 2. The van der Waals surface area contributed by atoms with Crippen LogP contribution in [0.4, 0.5) is 0 Å². The summed E-state index contributed by atoms with van der Waals surface area (Å²) in [6, 6.07) is 17.0. The van der Waals surface area contributed by atoms with E-state index in [1.165, 1.54) is 5.56 Å². The number of rotatable bonds is 8. The molecule has 0 radical (unpaired) electrons. The lowest BCUT2D eigenvalue weighted by molar-refractivity contribution is 0.0952. The molecule has 0 bridgehead atoms. The summed E-state index contributed by atoms with van der Waals surface area (Å²) in [5, 5.41) is 5.72. The van der Waals surface area contributed by atoms with Gasteiger partial charge in [0, 0.05) is 24.2 Å². The minimum atomic E-state index is -0.145. The van der Waals surface area contributed by atoms with E-state index in [-0.39, 0.29) is 11.8 Å². The van der Waals surface area contributed by atoms with Crippen molar-refractivity contribution in [3.8, 4) is 0 Å². The van der Waals surface area contributed by atoms with Crippen LogP contribution in [-0.2, 0) is 6.42 Å². The summed E-state index contributed by atoms with van der Waals surface area (Å²) in [5.41, 5.74) is 2.29. The molecular weight excluding hydrogens is 300 g/mol. The molecule has 0 spiro atoms. The van der Waals surface area contributed by atoms with Crippen molar-refractivity contribution >= 4 is 11.8 Å². The summed E-state index contributed by atoms with van der Waals surface area (Å²) in [6.45, 7) is 3.24. The van der Waals surface area contributed by atoms with Gasteiger partial charge < -0.3 is 10.6 Å². The lowest BCUT2D eigenvalue weighted by Crippen LogP contribution is -2.26. The van der Waals surface area contributed by atoms with E-state index in [9.17, 15) is 9.59 Å². The van der Waals surface area contributed by atoms with E-state index in [4.69, 9.17) is 0 Å². The molecule has 2 aromatic rings. The number of aryl methyl sites for hydroxylation is 1. The first-order valence-corrected chi connectivity index (χ1v) is 8.41. The normalized spacial score (nSPS) is 10.2. The van der Waals surface area contributed by atoms with Crippen LogP contribution in [0.1, 0.15) is 46.0 Å². The fraction of sp³-hybridized carbons (Fsp3) is 0.300. The van der Waals surface area contributed by atoms with Crippen molar-refractivity contribution in [1.29, 1.82) is 0 Å². The van der Waals surface area contributed by atoms with Gasteiger partial charge in [-0.3, -0.25) is 9.59 Å². The molecule has 0 saturated heterocycles. The van der Waals surface area contributed by atoms with Crippen molar-refractivity contribution in [2.75, 3.05) is 13.1 Å². The molecule has 4 nitrogen and oxygen atoms in total. The average molecular weight is 324 g/mol. The van der Waals surface area contributed by atoms with Gasteiger partial charge in [-0.15, -0.1) is 0 Å². The summed E-state index contributed by atoms with van der Waals surface area (Å²) >= 11 is 0. The predicted molar refractivity (Wildman–Crippen MR) is 96.2 cm³/mol. The molecule has 0 fully saturated rings. The molecule has 0 aromatic heterocycles. The third-order valence-electron chi connectivity index (χ3n) is 3.69. The fourth-order valence-corrected chi connectivity index (χ4v) is 2.38. The largest absolute Gasteiger partial charge is 0.352 e. The molecule has 0 aliphatic carbocycles. The lowest BCUT2D eigenvalue weighted by Gasteiger charge is -2.08. The molecule has 0 aliphatic heterocycles. The van der Waals surface area contributed by atoms with Crippen molar-refractivity contribution < 1.29 is 9.59 Å². The van der Waals surface area contributed by atoms with Gasteiger partial charge in [0.1, 0.15) is 0 Å². The van der Waals surface area contributed by atoms with E-state index >= 15 is 0 Å². The number of carbonyl (C=O) groups excluding carboxylic acids is 2. The molecule has 0 saturated carbocycles. The highest BCUT2D eigenvalue weighted by Crippen LogP contribution is 2.06. The van der Waals surface area contributed by atoms with Crippen LogP contribution in [0.2, 0.25) is 0 Å². The Morgan fingerprint density at radius 2 is 1.46 bits per heavy atom. The van der Waals surface area contributed by atoms with E-state index < -0.39 is 0 Å². The number of amides is 2. The summed E-state index contributed by atoms with van der Waals surface area (Å²) < 4.78 is 0. The molecule has 24 heavy (non-hydrogen) atoms. The monoisotopic (exact) mass is 324 g/mol. The molecule has 2 amide bonds. The maximum absolute atomic E-state index is 12.2. The molecule has 126 valence electrons. The zero-order valence-corrected chi connectivity index (χ0v) is 14.0. The number of nitrogens with one attached hydrogen (secondary N) is 2. The van der Waals surface area contributed by atoms with Crippen LogP contribution in [0.5, 0.6) is 0 Å². The lowest BCUT2D eigenvalue weighted by atomic mass is 10.1. The van der Waals surface area contributed by atoms with Crippen molar-refractivity contribution in [3.05, 3.63) is 71.3 Å². The summed E-state index contributed by atoms with van der Waals surface area (Å²) in [4.78, 5) is 24.2. The number of hydrogen-bond acceptors (Lipinski definition) is 2. The fourth-order valence-electron chi connectivity index (χ4n) is 2.38. The summed E-state index contributed by atoms with van der Waals surface area (Å²) in [5.74, 6) is -0.288. The standard InChI is InChI=1S/C20H24N2O2/c1-2-13-21-19(23)17-11-6-12-18(15-17)20(24)22-14-7-10-16-8-4-3-5-9-16/h3-6,8-9,11-12,15H,2,7,10,13-14H2,1H3,(H,21,23)(H,22,24). The maximum Gasteiger partial charge on any atom is 0.251 e. The third kappa shape index (κ3) is 5.54. The van der Waals surface area contributed by atoms with Crippen molar-refractivity contribution in [2.45, 2.75) is 26.2 Å². The Labute approximate surface area is 143 Å². The molecule has 2 rings (SSSR count). The van der Waals surface area contributed by atoms with Crippen LogP contribution in [0.15, 0.2) is 54.6 Å². The Morgan fingerprint density at radius 1 is 0.833 bits per heavy atom. The van der Waals surface area contributed by atoms with Gasteiger partial charge in [-0.1, -0.05) is 43.3 Å². The van der Waals surface area contributed by atoms with Crippen LogP contribution in [0.3, 0.4) is 0 Å². The molecule has 0 heterocycles. The first-order valence-electron chi connectivity index (χ1n) is 8.41. The van der Waals surface area contributed by atoms with Gasteiger partial charge >= 0.3 is 0 Å². The second-order valence-corrected chi connectivity index (χ2v) is 5.68. The minimum Gasteiger partial charge on any atom is -0.352 e. The Morgan fingerprint density at radius 3 is 2.08 bits per heavy atom. The van der Waals surface area contributed by atoms with Gasteiger partial charge in [0.05, 0.1) is 0 Å². The second kappa shape index (κ2) is 9.50. The van der Waals surface area contributed by atoms with Gasteiger partial charge in [-0.05, 0) is 43.0 Å². The van der Waals surface area contributed by atoms with Crippen LogP contribution in [0, 0.1) is 0 Å². The molecule has 2 N–H and O–H groups in total. The molecular formula is C20H24N2O2. The molecule has 0 unspecified atom stereocenters. The maximum atomic E-state index is 12.2. The van der Waals surface area contributed by atoms with E-state index in [1.54, 1.807) is 24.3 Å².